The van der Waals surface area contributed by atoms with E-state index >= 15 is 0 Å². The number of nitrogens with zero attached hydrogens (tertiary/aromatic N) is 2. The van der Waals surface area contributed by atoms with Crippen molar-refractivity contribution < 1.29 is 14.3 Å². The highest BCUT2D eigenvalue weighted by Gasteiger charge is 2.29. The number of aliphatic imine (C=N–C) groups is 1. The van der Waals surface area contributed by atoms with Crippen LogP contribution in [0.5, 0.6) is 0 Å². The minimum absolute atomic E-state index is 0.140. The molecule has 2 aliphatic heterocycles. The molecule has 0 aromatic rings. The average Bonchev–Trinajstić information content (AvgIpc) is 2.52. The van der Waals surface area contributed by atoms with Crippen LogP contribution < -0.4 is 0 Å². The molecule has 130 valence electrons. The highest BCUT2D eigenvalue weighted by atomic mass is 35.6. The van der Waals surface area contributed by atoms with Crippen LogP contribution in [0.3, 0.4) is 0 Å². The topological polar surface area (TPSA) is 59.0 Å². The molecule has 0 aromatic heterocycles. The van der Waals surface area contributed by atoms with Crippen LogP contribution in [-0.2, 0) is 9.53 Å². The number of halogens is 3. The molecule has 0 spiro atoms. The lowest BCUT2D eigenvalue weighted by Crippen LogP contribution is -2.30. The highest BCUT2D eigenvalue weighted by molar-refractivity contribution is 8.03. The van der Waals surface area contributed by atoms with Gasteiger partial charge in [-0.05, 0) is 13.8 Å². The second-order valence-corrected chi connectivity index (χ2v) is 8.69. The van der Waals surface area contributed by atoms with E-state index in [-0.39, 0.29) is 18.3 Å². The first-order valence-corrected chi connectivity index (χ1v) is 9.10. The van der Waals surface area contributed by atoms with E-state index in [1.54, 1.807) is 17.8 Å². The summed E-state index contributed by atoms with van der Waals surface area (Å²) in [7, 11) is 0. The van der Waals surface area contributed by atoms with E-state index in [2.05, 4.69) is 4.99 Å². The maximum atomic E-state index is 12.0. The number of hydrogen-bond acceptors (Lipinski definition) is 5. The van der Waals surface area contributed by atoms with E-state index in [0.29, 0.717) is 5.57 Å². The molecule has 0 saturated heterocycles. The fourth-order valence-corrected chi connectivity index (χ4v) is 3.35. The number of carbonyl (C=O) groups is 2. The van der Waals surface area contributed by atoms with E-state index in [4.69, 9.17) is 39.5 Å². The summed E-state index contributed by atoms with van der Waals surface area (Å²) in [5.74, 6) is 0.373. The number of thioether (sulfide) groups is 1. The van der Waals surface area contributed by atoms with Crippen molar-refractivity contribution in [3.05, 3.63) is 34.7 Å². The standard InChI is InChI=1S/C15H15Cl3N2O3S/c1-9-13(24-6-4-19-9)11-3-5-20(7-12(11)10(2)21)14(22)23-8-15(16,17)18/h3-5,7,11H,6,8H2,1-2H3. The third-order valence-corrected chi connectivity index (χ3v) is 4.77. The van der Waals surface area contributed by atoms with Gasteiger partial charge in [0.1, 0.15) is 6.61 Å². The SMILES string of the molecule is CC(=O)C1=CN(C(=O)OCC(Cl)(Cl)Cl)C=CC1C1=C(C)N=CCS1. The van der Waals surface area contributed by atoms with Crippen molar-refractivity contribution in [2.45, 2.75) is 17.6 Å². The van der Waals surface area contributed by atoms with E-state index in [0.717, 1.165) is 21.3 Å². The van der Waals surface area contributed by atoms with Crippen LogP contribution in [0.2, 0.25) is 0 Å². The van der Waals surface area contributed by atoms with E-state index in [1.165, 1.54) is 19.3 Å². The number of alkyl halides is 3. The Hall–Kier alpha value is -0.950. The Labute approximate surface area is 159 Å². The Morgan fingerprint density at radius 3 is 2.75 bits per heavy atom. The maximum Gasteiger partial charge on any atom is 0.418 e. The molecular weight excluding hydrogens is 395 g/mol. The second kappa shape index (κ2) is 7.95. The number of amides is 1. The first kappa shape index (κ1) is 19.4. The summed E-state index contributed by atoms with van der Waals surface area (Å²) >= 11 is 18.3. The molecule has 5 nitrogen and oxygen atoms in total. The van der Waals surface area contributed by atoms with Gasteiger partial charge in [-0.1, -0.05) is 40.9 Å². The molecule has 1 unspecified atom stereocenters. The van der Waals surface area contributed by atoms with Gasteiger partial charge in [-0.3, -0.25) is 14.7 Å². The number of allylic oxidation sites excluding steroid dienone is 4. The van der Waals surface area contributed by atoms with E-state index in [9.17, 15) is 9.59 Å². The largest absolute Gasteiger partial charge is 0.444 e. The van der Waals surface area contributed by atoms with Crippen molar-refractivity contribution in [2.24, 2.45) is 10.9 Å². The lowest BCUT2D eigenvalue weighted by atomic mass is 9.93. The summed E-state index contributed by atoms with van der Waals surface area (Å²) < 4.78 is 3.23. The van der Waals surface area contributed by atoms with Gasteiger partial charge in [0, 0.05) is 46.5 Å². The molecule has 0 aliphatic carbocycles. The number of ether oxygens (including phenoxy) is 1. The number of hydrogen-bond donors (Lipinski definition) is 0. The van der Waals surface area contributed by atoms with Crippen LogP contribution in [0.15, 0.2) is 39.6 Å². The highest BCUT2D eigenvalue weighted by Crippen LogP contribution is 2.38. The molecule has 2 rings (SSSR count). The lowest BCUT2D eigenvalue weighted by molar-refractivity contribution is -0.114. The number of ketones is 1. The average molecular weight is 410 g/mol. The lowest BCUT2D eigenvalue weighted by Gasteiger charge is -2.27. The summed E-state index contributed by atoms with van der Waals surface area (Å²) in [5.41, 5.74) is 1.34. The summed E-state index contributed by atoms with van der Waals surface area (Å²) in [4.78, 5) is 30.5. The predicted molar refractivity (Wildman–Crippen MR) is 98.5 cm³/mol. The predicted octanol–water partition coefficient (Wildman–Crippen LogP) is 4.46. The minimum Gasteiger partial charge on any atom is -0.444 e. The van der Waals surface area contributed by atoms with E-state index in [1.807, 2.05) is 13.1 Å². The third kappa shape index (κ3) is 5.02. The van der Waals surface area contributed by atoms with Crippen molar-refractivity contribution in [3.63, 3.8) is 0 Å². The summed E-state index contributed by atoms with van der Waals surface area (Å²) in [6.45, 7) is 2.96. The molecule has 0 radical (unpaired) electrons. The van der Waals surface area contributed by atoms with Crippen LogP contribution in [0.25, 0.3) is 0 Å². The van der Waals surface area contributed by atoms with Crippen LogP contribution in [0, 0.1) is 5.92 Å². The fraction of sp³-hybridized carbons (Fsp3) is 0.400. The van der Waals surface area contributed by atoms with Gasteiger partial charge < -0.3 is 4.74 Å². The monoisotopic (exact) mass is 408 g/mol. The zero-order valence-electron chi connectivity index (χ0n) is 13.0. The van der Waals surface area contributed by atoms with Crippen molar-refractivity contribution in [1.29, 1.82) is 0 Å². The zero-order valence-corrected chi connectivity index (χ0v) is 16.0. The maximum absolute atomic E-state index is 12.0. The van der Waals surface area contributed by atoms with Crippen molar-refractivity contribution >= 4 is 64.7 Å². The quantitative estimate of drug-likeness (QED) is 0.646. The molecule has 0 fully saturated rings. The van der Waals surface area contributed by atoms with Crippen LogP contribution >= 0.6 is 46.6 Å². The summed E-state index contributed by atoms with van der Waals surface area (Å²) in [5, 5.41) is 0. The van der Waals surface area contributed by atoms with Crippen LogP contribution in [-0.4, -0.2) is 39.1 Å². The number of rotatable bonds is 3. The van der Waals surface area contributed by atoms with Gasteiger partial charge in [0.15, 0.2) is 5.78 Å². The van der Waals surface area contributed by atoms with Gasteiger partial charge in [0.05, 0.1) is 0 Å². The zero-order chi connectivity index (χ0) is 17.9. The van der Waals surface area contributed by atoms with Gasteiger partial charge >= 0.3 is 6.09 Å². The second-order valence-electron chi connectivity index (χ2n) is 5.11. The molecule has 9 heteroatoms. The molecular formula is C15H15Cl3N2O3S. The normalized spacial score (nSPS) is 21.0. The van der Waals surface area contributed by atoms with Crippen LogP contribution in [0.4, 0.5) is 4.79 Å². The molecule has 1 amide bonds. The van der Waals surface area contributed by atoms with E-state index < -0.39 is 9.89 Å². The molecule has 2 aliphatic rings. The molecule has 1 atom stereocenters. The Kier molecular flexibility index (Phi) is 6.42. The first-order valence-electron chi connectivity index (χ1n) is 6.98. The Morgan fingerprint density at radius 1 is 1.46 bits per heavy atom. The molecule has 24 heavy (non-hydrogen) atoms. The van der Waals surface area contributed by atoms with Crippen molar-refractivity contribution in [1.82, 2.24) is 4.90 Å². The Balaban J connectivity index is 2.20. The minimum atomic E-state index is -1.69. The Bertz CT molecular complexity index is 665. The third-order valence-electron chi connectivity index (χ3n) is 3.27. The number of carbonyl (C=O) groups excluding carboxylic acids is 2. The van der Waals surface area contributed by atoms with Crippen LogP contribution in [0.1, 0.15) is 13.8 Å². The van der Waals surface area contributed by atoms with Gasteiger partial charge in [0.25, 0.3) is 0 Å². The molecule has 2 heterocycles. The van der Waals surface area contributed by atoms with Gasteiger partial charge in [0.2, 0.25) is 3.79 Å². The molecule has 0 N–H and O–H groups in total. The summed E-state index contributed by atoms with van der Waals surface area (Å²) in [6.07, 6.45) is 5.85. The Morgan fingerprint density at radius 2 is 2.17 bits per heavy atom. The van der Waals surface area contributed by atoms with Crippen molar-refractivity contribution in [2.75, 3.05) is 12.4 Å². The molecule has 0 bridgehead atoms. The number of Topliss-reactive ketones (excluding diaryl/α,β-unsaturated/α-hetero) is 1. The van der Waals surface area contributed by atoms with Gasteiger partial charge in [-0.15, -0.1) is 11.8 Å². The molecule has 0 saturated carbocycles. The summed E-state index contributed by atoms with van der Waals surface area (Å²) in [6, 6.07) is 0. The smallest absolute Gasteiger partial charge is 0.418 e. The molecule has 0 aromatic carbocycles. The van der Waals surface area contributed by atoms with Gasteiger partial charge in [-0.2, -0.15) is 0 Å². The van der Waals surface area contributed by atoms with Crippen molar-refractivity contribution in [3.8, 4) is 0 Å². The van der Waals surface area contributed by atoms with Gasteiger partial charge in [-0.25, -0.2) is 4.79 Å². The first-order chi connectivity index (χ1) is 11.2. The fourth-order valence-electron chi connectivity index (χ4n) is 2.21.